The van der Waals surface area contributed by atoms with Crippen molar-refractivity contribution in [2.45, 2.75) is 77.2 Å². The fourth-order valence-electron chi connectivity index (χ4n) is 3.47. The summed E-state index contributed by atoms with van der Waals surface area (Å²) in [6.07, 6.45) is 4.58. The van der Waals surface area contributed by atoms with E-state index in [1.54, 1.807) is 6.92 Å². The standard InChI is InChI=1S/C19H31N3O/c1-14(2)22(13-16-9-5-4-6-10-16)18-12-8-7-11-17(18)21-19(23)15(3)20/h4-6,9-10,14-15,17-18H,7-8,11-13,20H2,1-3H3,(H,21,23)/t15-,17-,18+/m0/s1. The Bertz CT molecular complexity index is 487. The maximum absolute atomic E-state index is 12.1. The van der Waals surface area contributed by atoms with Crippen molar-refractivity contribution in [3.8, 4) is 0 Å². The molecule has 3 atom stereocenters. The molecule has 0 aliphatic heterocycles. The number of carbonyl (C=O) groups excluding carboxylic acids is 1. The zero-order chi connectivity index (χ0) is 16.8. The molecular formula is C19H31N3O. The lowest BCUT2D eigenvalue weighted by Crippen LogP contribution is -2.56. The first-order valence-corrected chi connectivity index (χ1v) is 8.84. The highest BCUT2D eigenvalue weighted by Gasteiger charge is 2.32. The Morgan fingerprint density at radius 3 is 2.48 bits per heavy atom. The molecule has 1 aliphatic carbocycles. The van der Waals surface area contributed by atoms with Crippen molar-refractivity contribution in [1.29, 1.82) is 0 Å². The summed E-state index contributed by atoms with van der Waals surface area (Å²) in [5.41, 5.74) is 7.06. The maximum Gasteiger partial charge on any atom is 0.236 e. The minimum Gasteiger partial charge on any atom is -0.350 e. The van der Waals surface area contributed by atoms with Crippen LogP contribution >= 0.6 is 0 Å². The maximum atomic E-state index is 12.1. The minimum absolute atomic E-state index is 0.0367. The van der Waals surface area contributed by atoms with Gasteiger partial charge in [-0.25, -0.2) is 0 Å². The van der Waals surface area contributed by atoms with E-state index in [9.17, 15) is 4.79 Å². The zero-order valence-corrected chi connectivity index (χ0v) is 14.7. The third-order valence-corrected chi connectivity index (χ3v) is 4.77. The van der Waals surface area contributed by atoms with E-state index in [-0.39, 0.29) is 11.9 Å². The number of benzene rings is 1. The minimum atomic E-state index is -0.445. The molecule has 0 aromatic heterocycles. The summed E-state index contributed by atoms with van der Waals surface area (Å²) in [7, 11) is 0. The number of nitrogens with two attached hydrogens (primary N) is 1. The largest absolute Gasteiger partial charge is 0.350 e. The third kappa shape index (κ3) is 5.05. The molecule has 0 saturated heterocycles. The van der Waals surface area contributed by atoms with Gasteiger partial charge < -0.3 is 11.1 Å². The SMILES string of the molecule is CC(C)N(Cc1ccccc1)[C@@H]1CCCC[C@@H]1NC(=O)[C@H](C)N. The molecular weight excluding hydrogens is 286 g/mol. The lowest BCUT2D eigenvalue weighted by atomic mass is 9.88. The van der Waals surface area contributed by atoms with Gasteiger partial charge in [-0.05, 0) is 39.2 Å². The fraction of sp³-hybridized carbons (Fsp3) is 0.632. The van der Waals surface area contributed by atoms with E-state index in [2.05, 4.69) is 54.4 Å². The second kappa shape index (κ2) is 8.46. The van der Waals surface area contributed by atoms with Crippen LogP contribution in [0.15, 0.2) is 30.3 Å². The van der Waals surface area contributed by atoms with Crippen molar-refractivity contribution in [1.82, 2.24) is 10.2 Å². The number of rotatable bonds is 6. The van der Waals surface area contributed by atoms with Gasteiger partial charge in [0.05, 0.1) is 6.04 Å². The van der Waals surface area contributed by atoms with Crippen LogP contribution in [0.1, 0.15) is 52.0 Å². The summed E-state index contributed by atoms with van der Waals surface area (Å²) in [5, 5.41) is 3.18. The predicted octanol–water partition coefficient (Wildman–Crippen LogP) is 2.67. The highest BCUT2D eigenvalue weighted by molar-refractivity contribution is 5.81. The van der Waals surface area contributed by atoms with E-state index in [1.165, 1.54) is 18.4 Å². The first kappa shape index (κ1) is 18.0. The average molecular weight is 317 g/mol. The van der Waals surface area contributed by atoms with Gasteiger partial charge in [-0.3, -0.25) is 9.69 Å². The molecule has 128 valence electrons. The van der Waals surface area contributed by atoms with Crippen LogP contribution in [0, 0.1) is 0 Å². The predicted molar refractivity (Wildman–Crippen MR) is 95.0 cm³/mol. The lowest BCUT2D eigenvalue weighted by Gasteiger charge is -2.42. The molecule has 1 aromatic carbocycles. The fourth-order valence-corrected chi connectivity index (χ4v) is 3.47. The Labute approximate surface area is 140 Å². The topological polar surface area (TPSA) is 58.4 Å². The summed E-state index contributed by atoms with van der Waals surface area (Å²) in [6, 6.07) is 11.2. The van der Waals surface area contributed by atoms with E-state index in [0.717, 1.165) is 19.4 Å². The number of hydrogen-bond acceptors (Lipinski definition) is 3. The van der Waals surface area contributed by atoms with Gasteiger partial charge >= 0.3 is 0 Å². The number of nitrogens with zero attached hydrogens (tertiary/aromatic N) is 1. The number of amides is 1. The van der Waals surface area contributed by atoms with Gasteiger partial charge in [-0.2, -0.15) is 0 Å². The number of nitrogens with one attached hydrogen (secondary N) is 1. The quantitative estimate of drug-likeness (QED) is 0.848. The van der Waals surface area contributed by atoms with Gasteiger partial charge in [0.1, 0.15) is 0 Å². The van der Waals surface area contributed by atoms with Crippen LogP contribution in [0.2, 0.25) is 0 Å². The second-order valence-corrected chi connectivity index (χ2v) is 7.01. The van der Waals surface area contributed by atoms with E-state index in [0.29, 0.717) is 12.1 Å². The Kier molecular flexibility index (Phi) is 6.60. The molecule has 1 saturated carbocycles. The molecule has 1 fully saturated rings. The summed E-state index contributed by atoms with van der Waals surface area (Å²) in [4.78, 5) is 14.6. The molecule has 0 radical (unpaired) electrons. The summed E-state index contributed by atoms with van der Waals surface area (Å²) < 4.78 is 0. The molecule has 0 unspecified atom stereocenters. The van der Waals surface area contributed by atoms with E-state index >= 15 is 0 Å². The molecule has 0 bridgehead atoms. The highest BCUT2D eigenvalue weighted by Crippen LogP contribution is 2.26. The summed E-state index contributed by atoms with van der Waals surface area (Å²) >= 11 is 0. The van der Waals surface area contributed by atoms with E-state index < -0.39 is 6.04 Å². The van der Waals surface area contributed by atoms with Crippen LogP contribution in [0.4, 0.5) is 0 Å². The van der Waals surface area contributed by atoms with Gasteiger partial charge in [0, 0.05) is 24.7 Å². The van der Waals surface area contributed by atoms with E-state index in [1.807, 2.05) is 0 Å². The van der Waals surface area contributed by atoms with Gasteiger partial charge in [0.15, 0.2) is 0 Å². The van der Waals surface area contributed by atoms with Crippen LogP contribution in [-0.2, 0) is 11.3 Å². The molecule has 1 aliphatic rings. The van der Waals surface area contributed by atoms with Crippen molar-refractivity contribution in [2.24, 2.45) is 5.73 Å². The van der Waals surface area contributed by atoms with Gasteiger partial charge in [0.25, 0.3) is 0 Å². The van der Waals surface area contributed by atoms with E-state index in [4.69, 9.17) is 5.73 Å². The van der Waals surface area contributed by atoms with Crippen molar-refractivity contribution < 1.29 is 4.79 Å². The van der Waals surface area contributed by atoms with Crippen LogP contribution in [0.3, 0.4) is 0 Å². The van der Waals surface area contributed by atoms with Gasteiger partial charge in [0.2, 0.25) is 5.91 Å². The van der Waals surface area contributed by atoms with Gasteiger partial charge in [-0.1, -0.05) is 43.2 Å². The van der Waals surface area contributed by atoms with Crippen LogP contribution in [0.25, 0.3) is 0 Å². The second-order valence-electron chi connectivity index (χ2n) is 7.01. The molecule has 0 heterocycles. The zero-order valence-electron chi connectivity index (χ0n) is 14.7. The van der Waals surface area contributed by atoms with Crippen molar-refractivity contribution in [3.63, 3.8) is 0 Å². The highest BCUT2D eigenvalue weighted by atomic mass is 16.2. The molecule has 1 amide bonds. The molecule has 2 rings (SSSR count). The number of carbonyl (C=O) groups is 1. The molecule has 23 heavy (non-hydrogen) atoms. The van der Waals surface area contributed by atoms with Crippen molar-refractivity contribution in [2.75, 3.05) is 0 Å². The normalized spacial score (nSPS) is 23.0. The van der Waals surface area contributed by atoms with Gasteiger partial charge in [-0.15, -0.1) is 0 Å². The lowest BCUT2D eigenvalue weighted by molar-refractivity contribution is -0.123. The van der Waals surface area contributed by atoms with Crippen LogP contribution < -0.4 is 11.1 Å². The average Bonchev–Trinajstić information content (AvgIpc) is 2.54. The Morgan fingerprint density at radius 2 is 1.87 bits per heavy atom. The molecule has 4 nitrogen and oxygen atoms in total. The summed E-state index contributed by atoms with van der Waals surface area (Å²) in [6.45, 7) is 7.15. The smallest absolute Gasteiger partial charge is 0.236 e. The molecule has 0 spiro atoms. The first-order valence-electron chi connectivity index (χ1n) is 8.84. The molecule has 4 heteroatoms. The number of hydrogen-bond donors (Lipinski definition) is 2. The third-order valence-electron chi connectivity index (χ3n) is 4.77. The van der Waals surface area contributed by atoms with Crippen LogP contribution in [-0.4, -0.2) is 35.0 Å². The monoisotopic (exact) mass is 317 g/mol. The molecule has 1 aromatic rings. The first-order chi connectivity index (χ1) is 11.0. The Hall–Kier alpha value is -1.39. The Balaban J connectivity index is 2.12. The Morgan fingerprint density at radius 1 is 1.22 bits per heavy atom. The summed E-state index contributed by atoms with van der Waals surface area (Å²) in [5.74, 6) is -0.0367. The van der Waals surface area contributed by atoms with Crippen molar-refractivity contribution >= 4 is 5.91 Å². The molecule has 3 N–H and O–H groups in total. The van der Waals surface area contributed by atoms with Crippen LogP contribution in [0.5, 0.6) is 0 Å². The van der Waals surface area contributed by atoms with Crippen molar-refractivity contribution in [3.05, 3.63) is 35.9 Å².